The number of nitrogens with zero attached hydrogens (tertiary/aromatic N) is 1. The number of piperidine rings is 1. The van der Waals surface area contributed by atoms with Crippen LogP contribution in [0, 0.1) is 5.92 Å². The second-order valence-corrected chi connectivity index (χ2v) is 9.00. The SMILES string of the molecule is CC(C)(C)OC(=O)C1(N2CCC(C(=O)O)CC2)C=CC(Cc2ccccc2)=CC1. The zero-order chi connectivity index (χ0) is 21.1. The van der Waals surface area contributed by atoms with E-state index in [0.717, 1.165) is 6.42 Å². The van der Waals surface area contributed by atoms with Gasteiger partial charge in [0.05, 0.1) is 5.92 Å². The molecule has 5 heteroatoms. The maximum atomic E-state index is 13.3. The Morgan fingerprint density at radius 2 is 1.83 bits per heavy atom. The maximum absolute atomic E-state index is 13.3. The summed E-state index contributed by atoms with van der Waals surface area (Å²) in [6, 6.07) is 10.3. The number of likely N-dealkylation sites (tertiary alicyclic amines) is 1. The number of hydrogen-bond donors (Lipinski definition) is 1. The highest BCUT2D eigenvalue weighted by Gasteiger charge is 2.46. The standard InChI is InChI=1S/C24H31NO4/c1-23(2,3)29-22(28)24(25-15-11-20(12-16-25)21(26)27)13-9-19(10-14-24)17-18-7-5-4-6-8-18/h4-10,13,20H,11-12,14-17H2,1-3H3,(H,26,27). The van der Waals surface area contributed by atoms with Crippen LogP contribution in [-0.2, 0) is 20.7 Å². The fourth-order valence-electron chi connectivity index (χ4n) is 4.04. The van der Waals surface area contributed by atoms with Gasteiger partial charge in [-0.3, -0.25) is 9.69 Å². The maximum Gasteiger partial charge on any atom is 0.331 e. The number of esters is 1. The molecule has 1 atom stereocenters. The summed E-state index contributed by atoms with van der Waals surface area (Å²) in [5, 5.41) is 9.30. The smallest absolute Gasteiger partial charge is 0.331 e. The molecule has 0 amide bonds. The summed E-state index contributed by atoms with van der Waals surface area (Å²) < 4.78 is 5.78. The summed E-state index contributed by atoms with van der Waals surface area (Å²) in [6.45, 7) is 6.76. The second kappa shape index (κ2) is 8.54. The topological polar surface area (TPSA) is 66.8 Å². The predicted octanol–water partition coefficient (Wildman–Crippen LogP) is 3.99. The Balaban J connectivity index is 1.79. The Labute approximate surface area is 173 Å². The molecule has 1 heterocycles. The number of carboxylic acids is 1. The van der Waals surface area contributed by atoms with E-state index in [1.165, 1.54) is 11.1 Å². The predicted molar refractivity (Wildman–Crippen MR) is 112 cm³/mol. The summed E-state index contributed by atoms with van der Waals surface area (Å²) in [5.41, 5.74) is 0.966. The number of allylic oxidation sites excluding steroid dienone is 2. The summed E-state index contributed by atoms with van der Waals surface area (Å²) in [6.07, 6.45) is 8.59. The number of carbonyl (C=O) groups is 2. The minimum atomic E-state index is -0.864. The Morgan fingerprint density at radius 1 is 1.17 bits per heavy atom. The zero-order valence-electron chi connectivity index (χ0n) is 17.6. The van der Waals surface area contributed by atoms with Gasteiger partial charge in [0.25, 0.3) is 0 Å². The van der Waals surface area contributed by atoms with Crippen molar-refractivity contribution in [3.63, 3.8) is 0 Å². The number of benzene rings is 1. The Morgan fingerprint density at radius 3 is 2.34 bits per heavy atom. The van der Waals surface area contributed by atoms with Crippen LogP contribution in [0.1, 0.15) is 45.6 Å². The molecule has 0 bridgehead atoms. The number of rotatable bonds is 5. The van der Waals surface area contributed by atoms with Crippen LogP contribution in [0.5, 0.6) is 0 Å². The molecular formula is C24H31NO4. The molecule has 0 saturated carbocycles. The van der Waals surface area contributed by atoms with Crippen molar-refractivity contribution < 1.29 is 19.4 Å². The average Bonchev–Trinajstić information content (AvgIpc) is 2.68. The Bertz CT molecular complexity index is 798. The van der Waals surface area contributed by atoms with Gasteiger partial charge in [-0.15, -0.1) is 0 Å². The largest absolute Gasteiger partial charge is 0.481 e. The minimum absolute atomic E-state index is 0.259. The first kappa shape index (κ1) is 21.3. The summed E-state index contributed by atoms with van der Waals surface area (Å²) in [4.78, 5) is 26.7. The molecule has 3 rings (SSSR count). The van der Waals surface area contributed by atoms with E-state index in [2.05, 4.69) is 23.1 Å². The van der Waals surface area contributed by atoms with Crippen molar-refractivity contribution in [2.45, 2.75) is 57.6 Å². The first-order valence-corrected chi connectivity index (χ1v) is 10.3. The van der Waals surface area contributed by atoms with Crippen molar-refractivity contribution in [3.8, 4) is 0 Å². The third-order valence-electron chi connectivity index (χ3n) is 5.66. The highest BCUT2D eigenvalue weighted by Crippen LogP contribution is 2.35. The van der Waals surface area contributed by atoms with Crippen LogP contribution in [0.3, 0.4) is 0 Å². The van der Waals surface area contributed by atoms with Crippen LogP contribution < -0.4 is 0 Å². The number of carboxylic acid groups (broad SMARTS) is 1. The molecule has 156 valence electrons. The van der Waals surface area contributed by atoms with Crippen LogP contribution >= 0.6 is 0 Å². The lowest BCUT2D eigenvalue weighted by atomic mass is 9.82. The summed E-state index contributed by atoms with van der Waals surface area (Å²) in [7, 11) is 0. The van der Waals surface area contributed by atoms with Crippen molar-refractivity contribution in [3.05, 3.63) is 59.7 Å². The van der Waals surface area contributed by atoms with Crippen molar-refractivity contribution in [2.24, 2.45) is 5.92 Å². The lowest BCUT2D eigenvalue weighted by Crippen LogP contribution is -2.58. The van der Waals surface area contributed by atoms with Crippen molar-refractivity contribution in [1.29, 1.82) is 0 Å². The Kier molecular flexibility index (Phi) is 6.27. The molecule has 2 aliphatic rings. The number of carbonyl (C=O) groups excluding carboxylic acids is 1. The van der Waals surface area contributed by atoms with E-state index in [1.54, 1.807) is 0 Å². The van der Waals surface area contributed by atoms with Gasteiger partial charge in [0, 0.05) is 13.1 Å². The summed E-state index contributed by atoms with van der Waals surface area (Å²) >= 11 is 0. The molecule has 1 saturated heterocycles. The van der Waals surface area contributed by atoms with E-state index >= 15 is 0 Å². The molecule has 1 aliphatic heterocycles. The molecule has 1 N–H and O–H groups in total. The van der Waals surface area contributed by atoms with Gasteiger partial charge in [0.1, 0.15) is 11.1 Å². The second-order valence-electron chi connectivity index (χ2n) is 9.00. The molecule has 1 aliphatic carbocycles. The van der Waals surface area contributed by atoms with Gasteiger partial charge >= 0.3 is 11.9 Å². The van der Waals surface area contributed by atoms with E-state index in [9.17, 15) is 14.7 Å². The highest BCUT2D eigenvalue weighted by atomic mass is 16.6. The number of ether oxygens (including phenoxy) is 1. The van der Waals surface area contributed by atoms with Gasteiger partial charge in [0.15, 0.2) is 0 Å². The van der Waals surface area contributed by atoms with Crippen molar-refractivity contribution in [1.82, 2.24) is 4.90 Å². The molecule has 0 radical (unpaired) electrons. The monoisotopic (exact) mass is 397 g/mol. The minimum Gasteiger partial charge on any atom is -0.481 e. The molecule has 1 aromatic rings. The van der Waals surface area contributed by atoms with Gasteiger partial charge in [0.2, 0.25) is 0 Å². The molecule has 1 unspecified atom stereocenters. The highest BCUT2D eigenvalue weighted by molar-refractivity contribution is 5.85. The fraction of sp³-hybridized carbons (Fsp3) is 0.500. The van der Waals surface area contributed by atoms with Gasteiger partial charge in [-0.1, -0.05) is 48.6 Å². The van der Waals surface area contributed by atoms with Crippen LogP contribution in [0.15, 0.2) is 54.1 Å². The van der Waals surface area contributed by atoms with E-state index in [1.807, 2.05) is 51.1 Å². The zero-order valence-corrected chi connectivity index (χ0v) is 17.6. The normalized spacial score (nSPS) is 23.5. The van der Waals surface area contributed by atoms with Gasteiger partial charge in [-0.2, -0.15) is 0 Å². The van der Waals surface area contributed by atoms with Crippen LogP contribution in [-0.4, -0.2) is 46.2 Å². The van der Waals surface area contributed by atoms with Gasteiger partial charge in [-0.25, -0.2) is 4.79 Å². The average molecular weight is 398 g/mol. The first-order chi connectivity index (χ1) is 13.7. The third-order valence-corrected chi connectivity index (χ3v) is 5.66. The quantitative estimate of drug-likeness (QED) is 0.761. The third kappa shape index (κ3) is 5.15. The molecular weight excluding hydrogens is 366 g/mol. The van der Waals surface area contributed by atoms with Crippen LogP contribution in [0.25, 0.3) is 0 Å². The van der Waals surface area contributed by atoms with Gasteiger partial charge in [-0.05, 0) is 57.6 Å². The first-order valence-electron chi connectivity index (χ1n) is 10.3. The number of aliphatic carboxylic acids is 1. The fourth-order valence-corrected chi connectivity index (χ4v) is 4.04. The van der Waals surface area contributed by atoms with E-state index in [-0.39, 0.29) is 11.9 Å². The van der Waals surface area contributed by atoms with Crippen molar-refractivity contribution >= 4 is 11.9 Å². The number of hydrogen-bond acceptors (Lipinski definition) is 4. The van der Waals surface area contributed by atoms with Crippen LogP contribution in [0.2, 0.25) is 0 Å². The molecule has 29 heavy (non-hydrogen) atoms. The lowest BCUT2D eigenvalue weighted by molar-refractivity contribution is -0.168. The molecule has 0 spiro atoms. The molecule has 1 aromatic carbocycles. The van der Waals surface area contributed by atoms with Gasteiger partial charge < -0.3 is 9.84 Å². The van der Waals surface area contributed by atoms with E-state index in [0.29, 0.717) is 32.4 Å². The van der Waals surface area contributed by atoms with Crippen molar-refractivity contribution in [2.75, 3.05) is 13.1 Å². The van der Waals surface area contributed by atoms with E-state index < -0.39 is 17.1 Å². The lowest BCUT2D eigenvalue weighted by Gasteiger charge is -2.44. The molecule has 0 aromatic heterocycles. The Hall–Kier alpha value is -2.40. The van der Waals surface area contributed by atoms with E-state index in [4.69, 9.17) is 4.74 Å². The molecule has 1 fully saturated rings. The van der Waals surface area contributed by atoms with Crippen LogP contribution in [0.4, 0.5) is 0 Å². The summed E-state index contributed by atoms with van der Waals surface area (Å²) in [5.74, 6) is -1.34. The molecule has 5 nitrogen and oxygen atoms in total.